The monoisotopic (exact) mass is 349 g/mol. The highest BCUT2D eigenvalue weighted by Crippen LogP contribution is 2.18. The van der Waals surface area contributed by atoms with Gasteiger partial charge in [-0.15, -0.1) is 0 Å². The predicted octanol–water partition coefficient (Wildman–Crippen LogP) is 4.17. The smallest absolute Gasteiger partial charge is 0.331 e. The van der Waals surface area contributed by atoms with Crippen molar-refractivity contribution < 1.29 is 18.7 Å². The molecule has 0 aliphatic carbocycles. The average molecular weight is 349 g/mol. The van der Waals surface area contributed by atoms with Gasteiger partial charge in [-0.1, -0.05) is 42.5 Å². The highest BCUT2D eigenvalue weighted by molar-refractivity contribution is 5.96. The number of benzene rings is 3. The molecular formula is C21H16FNO3. The fraction of sp³-hybridized carbons (Fsp3) is 0.0476. The van der Waals surface area contributed by atoms with Gasteiger partial charge in [0.05, 0.1) is 0 Å². The second kappa shape index (κ2) is 8.07. The van der Waals surface area contributed by atoms with E-state index in [1.165, 1.54) is 24.3 Å². The number of fused-ring (bicyclic) bond motifs is 1. The summed E-state index contributed by atoms with van der Waals surface area (Å²) in [5.41, 5.74) is 1.16. The highest BCUT2D eigenvalue weighted by atomic mass is 19.1. The molecule has 0 saturated carbocycles. The van der Waals surface area contributed by atoms with Gasteiger partial charge in [-0.2, -0.15) is 0 Å². The molecule has 0 bridgehead atoms. The maximum absolute atomic E-state index is 13.0. The summed E-state index contributed by atoms with van der Waals surface area (Å²) >= 11 is 0. The predicted molar refractivity (Wildman–Crippen MR) is 99.0 cm³/mol. The van der Waals surface area contributed by atoms with Crippen molar-refractivity contribution in [1.82, 2.24) is 0 Å². The Hall–Kier alpha value is -3.47. The zero-order valence-electron chi connectivity index (χ0n) is 13.8. The number of amides is 1. The molecule has 0 spiro atoms. The molecule has 0 fully saturated rings. The Kier molecular flexibility index (Phi) is 5.39. The van der Waals surface area contributed by atoms with E-state index in [2.05, 4.69) is 5.32 Å². The molecule has 3 aromatic rings. The maximum Gasteiger partial charge on any atom is 0.331 e. The van der Waals surface area contributed by atoms with Crippen LogP contribution < -0.4 is 5.32 Å². The van der Waals surface area contributed by atoms with Crippen LogP contribution in [0.2, 0.25) is 0 Å². The van der Waals surface area contributed by atoms with Crippen LogP contribution in [-0.4, -0.2) is 18.5 Å². The van der Waals surface area contributed by atoms with Gasteiger partial charge in [0.2, 0.25) is 0 Å². The van der Waals surface area contributed by atoms with Gasteiger partial charge in [0.25, 0.3) is 5.91 Å². The second-order valence-corrected chi connectivity index (χ2v) is 5.61. The molecule has 0 unspecified atom stereocenters. The number of nitrogens with one attached hydrogen (secondary N) is 1. The molecular weight excluding hydrogens is 333 g/mol. The molecule has 0 atom stereocenters. The van der Waals surface area contributed by atoms with Gasteiger partial charge in [-0.05, 0) is 46.7 Å². The van der Waals surface area contributed by atoms with Crippen LogP contribution >= 0.6 is 0 Å². The van der Waals surface area contributed by atoms with Crippen LogP contribution in [0.3, 0.4) is 0 Å². The van der Waals surface area contributed by atoms with Crippen LogP contribution in [0.5, 0.6) is 0 Å². The lowest BCUT2D eigenvalue weighted by Gasteiger charge is -2.06. The Morgan fingerprint density at radius 1 is 0.962 bits per heavy atom. The third-order valence-corrected chi connectivity index (χ3v) is 3.64. The third kappa shape index (κ3) is 4.77. The molecule has 4 nitrogen and oxygen atoms in total. The minimum atomic E-state index is -0.678. The SMILES string of the molecule is O=C(COC(=O)/C=C/c1cccc(F)c1)Nc1ccc2ccccc2c1. The molecule has 130 valence electrons. The zero-order chi connectivity index (χ0) is 18.4. The number of carbonyl (C=O) groups is 2. The van der Waals surface area contributed by atoms with E-state index in [-0.39, 0.29) is 0 Å². The maximum atomic E-state index is 13.0. The highest BCUT2D eigenvalue weighted by Gasteiger charge is 2.06. The molecule has 3 aromatic carbocycles. The van der Waals surface area contributed by atoms with E-state index in [0.717, 1.165) is 16.8 Å². The van der Waals surface area contributed by atoms with Crippen LogP contribution in [0.4, 0.5) is 10.1 Å². The van der Waals surface area contributed by atoms with E-state index in [4.69, 9.17) is 4.74 Å². The molecule has 0 aliphatic rings. The molecule has 0 aromatic heterocycles. The first-order chi connectivity index (χ1) is 12.6. The van der Waals surface area contributed by atoms with Crippen molar-refractivity contribution in [3.63, 3.8) is 0 Å². The Bertz CT molecular complexity index is 982. The van der Waals surface area contributed by atoms with Gasteiger partial charge < -0.3 is 10.1 Å². The van der Waals surface area contributed by atoms with Crippen molar-refractivity contribution in [3.05, 3.63) is 84.2 Å². The second-order valence-electron chi connectivity index (χ2n) is 5.61. The van der Waals surface area contributed by atoms with Crippen molar-refractivity contribution in [2.75, 3.05) is 11.9 Å². The van der Waals surface area contributed by atoms with Crippen molar-refractivity contribution in [1.29, 1.82) is 0 Å². The number of esters is 1. The van der Waals surface area contributed by atoms with Crippen LogP contribution in [0.1, 0.15) is 5.56 Å². The molecule has 5 heteroatoms. The van der Waals surface area contributed by atoms with Crippen molar-refractivity contribution in [2.24, 2.45) is 0 Å². The molecule has 3 rings (SSSR count). The van der Waals surface area contributed by atoms with Gasteiger partial charge in [0.1, 0.15) is 5.82 Å². The van der Waals surface area contributed by atoms with Crippen LogP contribution in [-0.2, 0) is 14.3 Å². The quantitative estimate of drug-likeness (QED) is 0.555. The van der Waals surface area contributed by atoms with E-state index in [0.29, 0.717) is 11.3 Å². The molecule has 0 heterocycles. The first-order valence-corrected chi connectivity index (χ1v) is 7.99. The summed E-state index contributed by atoms with van der Waals surface area (Å²) in [5, 5.41) is 4.75. The fourth-order valence-corrected chi connectivity index (χ4v) is 2.42. The first kappa shape index (κ1) is 17.4. The summed E-state index contributed by atoms with van der Waals surface area (Å²) in [6.45, 7) is -0.404. The molecule has 0 aliphatic heterocycles. The number of ether oxygens (including phenoxy) is 1. The van der Waals surface area contributed by atoms with Crippen LogP contribution in [0.25, 0.3) is 16.8 Å². The summed E-state index contributed by atoms with van der Waals surface area (Å²) in [7, 11) is 0. The largest absolute Gasteiger partial charge is 0.452 e. The van der Waals surface area contributed by atoms with Crippen LogP contribution in [0, 0.1) is 5.82 Å². The van der Waals surface area contributed by atoms with Crippen molar-refractivity contribution in [2.45, 2.75) is 0 Å². The summed E-state index contributed by atoms with van der Waals surface area (Å²) < 4.78 is 17.9. The first-order valence-electron chi connectivity index (χ1n) is 7.99. The summed E-state index contributed by atoms with van der Waals surface area (Å²) in [6.07, 6.45) is 2.57. The molecule has 0 saturated heterocycles. The van der Waals surface area contributed by atoms with E-state index < -0.39 is 24.3 Å². The fourth-order valence-electron chi connectivity index (χ4n) is 2.42. The van der Waals surface area contributed by atoms with Gasteiger partial charge in [0.15, 0.2) is 6.61 Å². The molecule has 1 N–H and O–H groups in total. The molecule has 0 radical (unpaired) electrons. The third-order valence-electron chi connectivity index (χ3n) is 3.64. The number of hydrogen-bond acceptors (Lipinski definition) is 3. The number of anilines is 1. The average Bonchev–Trinajstić information content (AvgIpc) is 2.65. The number of rotatable bonds is 5. The minimum Gasteiger partial charge on any atom is -0.452 e. The lowest BCUT2D eigenvalue weighted by molar-refractivity contribution is -0.142. The van der Waals surface area contributed by atoms with Gasteiger partial charge >= 0.3 is 5.97 Å². The Morgan fingerprint density at radius 3 is 2.58 bits per heavy atom. The van der Waals surface area contributed by atoms with Gasteiger partial charge in [-0.25, -0.2) is 9.18 Å². The topological polar surface area (TPSA) is 55.4 Å². The summed E-state index contributed by atoms with van der Waals surface area (Å²) in [5.74, 6) is -1.51. The number of hydrogen-bond donors (Lipinski definition) is 1. The molecule has 26 heavy (non-hydrogen) atoms. The van der Waals surface area contributed by atoms with Gasteiger partial charge in [-0.3, -0.25) is 4.79 Å². The zero-order valence-corrected chi connectivity index (χ0v) is 13.8. The van der Waals surface area contributed by atoms with E-state index in [1.807, 2.05) is 36.4 Å². The standard InChI is InChI=1S/C21H16FNO3/c22-18-7-3-4-15(12-18)8-11-21(25)26-14-20(24)23-19-10-9-16-5-1-2-6-17(16)13-19/h1-13H,14H2,(H,23,24)/b11-8+. The summed E-state index contributed by atoms with van der Waals surface area (Å²) in [6, 6.07) is 19.1. The van der Waals surface area contributed by atoms with Gasteiger partial charge in [0, 0.05) is 11.8 Å². The lowest BCUT2D eigenvalue weighted by atomic mass is 10.1. The Labute approximate surface area is 149 Å². The molecule has 1 amide bonds. The van der Waals surface area contributed by atoms with Crippen LogP contribution in [0.15, 0.2) is 72.8 Å². The lowest BCUT2D eigenvalue weighted by Crippen LogP contribution is -2.20. The number of halogens is 1. The normalized spacial score (nSPS) is 10.8. The van der Waals surface area contributed by atoms with Crippen molar-refractivity contribution in [3.8, 4) is 0 Å². The van der Waals surface area contributed by atoms with E-state index in [9.17, 15) is 14.0 Å². The van der Waals surface area contributed by atoms with E-state index >= 15 is 0 Å². The number of carbonyl (C=O) groups excluding carboxylic acids is 2. The van der Waals surface area contributed by atoms with E-state index in [1.54, 1.807) is 12.1 Å². The summed E-state index contributed by atoms with van der Waals surface area (Å²) in [4.78, 5) is 23.6. The van der Waals surface area contributed by atoms with Crippen molar-refractivity contribution >= 4 is 34.4 Å². The minimum absolute atomic E-state index is 0.393. The Balaban J connectivity index is 1.52. The Morgan fingerprint density at radius 2 is 1.77 bits per heavy atom.